The molecular weight excluding hydrogens is 258 g/mol. The van der Waals surface area contributed by atoms with E-state index < -0.39 is 0 Å². The van der Waals surface area contributed by atoms with E-state index in [-0.39, 0.29) is 11.3 Å². The minimum Gasteiger partial charge on any atom is -0.298 e. The Kier molecular flexibility index (Phi) is 3.14. The monoisotopic (exact) mass is 284 g/mol. The molecule has 2 atom stereocenters. The first-order valence-corrected chi connectivity index (χ1v) is 7.89. The maximum Gasteiger partial charge on any atom is 0.162 e. The zero-order valence-electron chi connectivity index (χ0n) is 13.8. The number of ketones is 1. The second-order valence-corrected chi connectivity index (χ2v) is 8.07. The Morgan fingerprint density at radius 3 is 2.10 bits per heavy atom. The normalized spacial score (nSPS) is 29.4. The topological polar surface area (TPSA) is 17.1 Å². The third-order valence-electron chi connectivity index (χ3n) is 5.51. The van der Waals surface area contributed by atoms with Crippen molar-refractivity contribution < 1.29 is 4.79 Å². The van der Waals surface area contributed by atoms with Gasteiger partial charge in [0.05, 0.1) is 21.1 Å². The number of quaternary nitrogens is 1. The summed E-state index contributed by atoms with van der Waals surface area (Å²) in [5.41, 5.74) is 3.65. The van der Waals surface area contributed by atoms with Crippen LogP contribution in [0.15, 0.2) is 29.8 Å². The molecule has 2 fully saturated rings. The Morgan fingerprint density at radius 2 is 1.62 bits per heavy atom. The van der Waals surface area contributed by atoms with Crippen molar-refractivity contribution in [3.05, 3.63) is 35.4 Å². The summed E-state index contributed by atoms with van der Waals surface area (Å²) >= 11 is 0. The first kappa shape index (κ1) is 14.5. The number of carbonyl (C=O) groups excluding carboxylic acids is 1. The zero-order valence-corrected chi connectivity index (χ0v) is 13.8. The summed E-state index contributed by atoms with van der Waals surface area (Å²) in [5, 5.41) is 0. The van der Waals surface area contributed by atoms with Gasteiger partial charge < -0.3 is 0 Å². The summed E-state index contributed by atoms with van der Waals surface area (Å²) < 4.78 is 0.813. The van der Waals surface area contributed by atoms with Crippen LogP contribution in [0.1, 0.15) is 32.3 Å². The SMILES string of the molecule is CC1(C)C2CCC1/C(=C/c1ccc([N+](C)(C)C)cc1)C2=O. The molecule has 2 aliphatic carbocycles. The number of rotatable bonds is 2. The molecule has 0 spiro atoms. The molecule has 0 aromatic heterocycles. The molecule has 1 aromatic carbocycles. The standard InChI is InChI=1S/C19H26NO/c1-19(2)16-10-11-17(19)18(21)15(16)12-13-6-8-14(9-7-13)20(3,4)5/h6-9,12,16-17H,10-11H2,1-5H3/q+1/b15-12-. The Labute approximate surface area is 128 Å². The molecule has 0 saturated heterocycles. The second-order valence-electron chi connectivity index (χ2n) is 8.07. The van der Waals surface area contributed by atoms with Crippen LogP contribution in [0.5, 0.6) is 0 Å². The van der Waals surface area contributed by atoms with Crippen LogP contribution in [0.25, 0.3) is 6.08 Å². The van der Waals surface area contributed by atoms with Gasteiger partial charge in [0, 0.05) is 5.92 Å². The van der Waals surface area contributed by atoms with E-state index in [1.165, 1.54) is 12.1 Å². The molecule has 0 radical (unpaired) electrons. The van der Waals surface area contributed by atoms with Crippen molar-refractivity contribution in [3.8, 4) is 0 Å². The summed E-state index contributed by atoms with van der Waals surface area (Å²) in [6.07, 6.45) is 4.38. The van der Waals surface area contributed by atoms with Gasteiger partial charge in [0.25, 0.3) is 0 Å². The minimum absolute atomic E-state index is 0.158. The van der Waals surface area contributed by atoms with Crippen LogP contribution in [0, 0.1) is 17.3 Å². The van der Waals surface area contributed by atoms with Crippen LogP contribution in [0.4, 0.5) is 5.69 Å². The van der Waals surface area contributed by atoms with Gasteiger partial charge >= 0.3 is 0 Å². The first-order valence-electron chi connectivity index (χ1n) is 7.89. The van der Waals surface area contributed by atoms with Gasteiger partial charge in [0.2, 0.25) is 0 Å². The Morgan fingerprint density at radius 1 is 1.05 bits per heavy atom. The molecule has 112 valence electrons. The third kappa shape index (κ3) is 2.26. The van der Waals surface area contributed by atoms with Crippen molar-refractivity contribution in [2.24, 2.45) is 17.3 Å². The van der Waals surface area contributed by atoms with Crippen molar-refractivity contribution in [1.82, 2.24) is 4.48 Å². The molecule has 2 bridgehead atoms. The number of allylic oxidation sites excluding steroid dienone is 1. The summed E-state index contributed by atoms with van der Waals surface area (Å²) in [6.45, 7) is 4.52. The molecule has 1 aromatic rings. The molecule has 2 nitrogen and oxygen atoms in total. The highest BCUT2D eigenvalue weighted by atomic mass is 16.1. The number of hydrogen-bond acceptors (Lipinski definition) is 1. The van der Waals surface area contributed by atoms with Gasteiger partial charge in [-0.15, -0.1) is 0 Å². The van der Waals surface area contributed by atoms with Crippen molar-refractivity contribution in [3.63, 3.8) is 0 Å². The number of fused-ring (bicyclic) bond motifs is 2. The molecule has 2 saturated carbocycles. The van der Waals surface area contributed by atoms with Crippen molar-refractivity contribution >= 4 is 17.5 Å². The van der Waals surface area contributed by atoms with Gasteiger partial charge in [-0.05, 0) is 65.7 Å². The summed E-state index contributed by atoms with van der Waals surface area (Å²) in [4.78, 5) is 12.5. The maximum absolute atomic E-state index is 12.5. The van der Waals surface area contributed by atoms with Gasteiger partial charge in [-0.2, -0.15) is 0 Å². The Bertz CT molecular complexity index is 601. The van der Waals surface area contributed by atoms with Crippen molar-refractivity contribution in [1.29, 1.82) is 0 Å². The van der Waals surface area contributed by atoms with E-state index in [4.69, 9.17) is 0 Å². The van der Waals surface area contributed by atoms with Crippen molar-refractivity contribution in [2.75, 3.05) is 21.1 Å². The molecule has 2 aliphatic rings. The lowest BCUT2D eigenvalue weighted by atomic mass is 9.81. The molecule has 2 heteroatoms. The largest absolute Gasteiger partial charge is 0.298 e. The molecule has 0 amide bonds. The molecule has 21 heavy (non-hydrogen) atoms. The van der Waals surface area contributed by atoms with Crippen LogP contribution in [0.3, 0.4) is 0 Å². The van der Waals surface area contributed by atoms with Crippen molar-refractivity contribution in [2.45, 2.75) is 26.7 Å². The fourth-order valence-corrected chi connectivity index (χ4v) is 4.09. The average Bonchev–Trinajstić information content (AvgIpc) is 2.77. The average molecular weight is 284 g/mol. The fraction of sp³-hybridized carbons (Fsp3) is 0.526. The van der Waals surface area contributed by atoms with Crippen LogP contribution in [-0.2, 0) is 4.79 Å². The minimum atomic E-state index is 0.158. The van der Waals surface area contributed by atoms with E-state index in [2.05, 4.69) is 65.3 Å². The van der Waals surface area contributed by atoms with E-state index >= 15 is 0 Å². The van der Waals surface area contributed by atoms with Gasteiger partial charge in [-0.25, -0.2) is 0 Å². The van der Waals surface area contributed by atoms with E-state index in [1.807, 2.05) is 0 Å². The first-order chi connectivity index (χ1) is 9.71. The molecular formula is C19H26NO+. The quantitative estimate of drug-likeness (QED) is 0.594. The lowest BCUT2D eigenvalue weighted by Gasteiger charge is -2.23. The maximum atomic E-state index is 12.5. The van der Waals surface area contributed by atoms with Gasteiger partial charge in [-0.3, -0.25) is 9.28 Å². The van der Waals surface area contributed by atoms with Gasteiger partial charge in [0.1, 0.15) is 5.69 Å². The molecule has 3 rings (SSSR count). The highest BCUT2D eigenvalue weighted by Gasteiger charge is 2.55. The lowest BCUT2D eigenvalue weighted by Crippen LogP contribution is -2.34. The number of nitrogens with zero attached hydrogens (tertiary/aromatic N) is 1. The third-order valence-corrected chi connectivity index (χ3v) is 5.51. The Balaban J connectivity index is 1.91. The zero-order chi connectivity index (χ0) is 15.4. The number of hydrogen-bond donors (Lipinski definition) is 0. The predicted molar refractivity (Wildman–Crippen MR) is 89.0 cm³/mol. The molecule has 2 unspecified atom stereocenters. The van der Waals surface area contributed by atoms with Crippen LogP contribution >= 0.6 is 0 Å². The van der Waals surface area contributed by atoms with Crippen LogP contribution in [-0.4, -0.2) is 26.9 Å². The molecule has 0 N–H and O–H groups in total. The van der Waals surface area contributed by atoms with Crippen LogP contribution < -0.4 is 4.48 Å². The second kappa shape index (κ2) is 4.54. The predicted octanol–water partition coefficient (Wildman–Crippen LogP) is 3.90. The summed E-state index contributed by atoms with van der Waals surface area (Å²) in [6, 6.07) is 8.60. The summed E-state index contributed by atoms with van der Waals surface area (Å²) in [7, 11) is 6.49. The highest BCUT2D eigenvalue weighted by Crippen LogP contribution is 2.58. The van der Waals surface area contributed by atoms with E-state index in [0.717, 1.165) is 22.0 Å². The van der Waals surface area contributed by atoms with E-state index in [0.29, 0.717) is 11.7 Å². The smallest absolute Gasteiger partial charge is 0.162 e. The fourth-order valence-electron chi connectivity index (χ4n) is 4.09. The number of benzene rings is 1. The highest BCUT2D eigenvalue weighted by molar-refractivity contribution is 6.05. The Hall–Kier alpha value is -1.41. The number of Topliss-reactive ketones (excluding diaryl/α,β-unsaturated/α-hetero) is 1. The summed E-state index contributed by atoms with van der Waals surface area (Å²) in [5.74, 6) is 1.10. The molecule has 0 heterocycles. The lowest BCUT2D eigenvalue weighted by molar-refractivity contribution is -0.119. The van der Waals surface area contributed by atoms with Crippen LogP contribution in [0.2, 0.25) is 0 Å². The van der Waals surface area contributed by atoms with Gasteiger partial charge in [-0.1, -0.05) is 13.8 Å². The number of carbonyl (C=O) groups is 1. The molecule has 0 aliphatic heterocycles. The van der Waals surface area contributed by atoms with E-state index in [1.54, 1.807) is 0 Å². The van der Waals surface area contributed by atoms with Gasteiger partial charge in [0.15, 0.2) is 5.78 Å². The van der Waals surface area contributed by atoms with E-state index in [9.17, 15) is 4.79 Å².